The third-order valence-corrected chi connectivity index (χ3v) is 2.38. The van der Waals surface area contributed by atoms with E-state index in [1.54, 1.807) is 11.1 Å². The molecule has 0 radical (unpaired) electrons. The van der Waals surface area contributed by atoms with Gasteiger partial charge in [0.15, 0.2) is 0 Å². The highest BCUT2D eigenvalue weighted by Crippen LogP contribution is 2.07. The molecule has 0 aromatic carbocycles. The Morgan fingerprint density at radius 3 is 2.89 bits per heavy atom. The average molecular weight is 253 g/mol. The topological polar surface area (TPSA) is 108 Å². The largest absolute Gasteiger partial charge is 0.409 e. The van der Waals surface area contributed by atoms with Gasteiger partial charge in [-0.15, -0.1) is 0 Å². The number of aromatic amines is 1. The summed E-state index contributed by atoms with van der Waals surface area (Å²) in [7, 11) is 0. The summed E-state index contributed by atoms with van der Waals surface area (Å²) in [5.41, 5.74) is 5.92. The van der Waals surface area contributed by atoms with E-state index in [0.717, 1.165) is 0 Å². The van der Waals surface area contributed by atoms with Crippen molar-refractivity contribution in [1.82, 2.24) is 15.1 Å². The lowest BCUT2D eigenvalue weighted by molar-refractivity contribution is 0.0740. The molecule has 100 valence electrons. The molecular weight excluding hydrogens is 234 g/mol. The van der Waals surface area contributed by atoms with Crippen LogP contribution in [0, 0.1) is 5.92 Å². The highest BCUT2D eigenvalue weighted by Gasteiger charge is 2.17. The summed E-state index contributed by atoms with van der Waals surface area (Å²) < 4.78 is 0. The maximum absolute atomic E-state index is 12.2. The predicted molar refractivity (Wildman–Crippen MR) is 67.4 cm³/mol. The fourth-order valence-electron chi connectivity index (χ4n) is 1.57. The Morgan fingerprint density at radius 2 is 2.39 bits per heavy atom. The van der Waals surface area contributed by atoms with E-state index in [4.69, 9.17) is 10.9 Å². The zero-order chi connectivity index (χ0) is 13.5. The molecule has 0 aliphatic rings. The SMILES string of the molecule is CC(C)CN(CCC(N)=NO)C(=O)c1cn[nH]c1. The van der Waals surface area contributed by atoms with Crippen LogP contribution in [0.2, 0.25) is 0 Å². The van der Waals surface area contributed by atoms with E-state index in [9.17, 15) is 4.79 Å². The molecule has 1 aromatic rings. The summed E-state index contributed by atoms with van der Waals surface area (Å²) in [4.78, 5) is 13.8. The molecule has 1 amide bonds. The number of rotatable bonds is 6. The smallest absolute Gasteiger partial charge is 0.257 e. The van der Waals surface area contributed by atoms with Crippen molar-refractivity contribution in [3.05, 3.63) is 18.0 Å². The Bertz CT molecular complexity index is 400. The number of hydrogen-bond donors (Lipinski definition) is 3. The Morgan fingerprint density at radius 1 is 1.67 bits per heavy atom. The van der Waals surface area contributed by atoms with Crippen molar-refractivity contribution in [3.63, 3.8) is 0 Å². The van der Waals surface area contributed by atoms with Crippen LogP contribution in [-0.2, 0) is 0 Å². The monoisotopic (exact) mass is 253 g/mol. The van der Waals surface area contributed by atoms with Gasteiger partial charge in [-0.05, 0) is 5.92 Å². The van der Waals surface area contributed by atoms with Crippen molar-refractivity contribution in [2.45, 2.75) is 20.3 Å². The predicted octanol–water partition coefficient (Wildman–Crippen LogP) is 0.644. The van der Waals surface area contributed by atoms with Gasteiger partial charge in [0.1, 0.15) is 5.84 Å². The standard InChI is InChI=1S/C11H19N5O2/c1-8(2)7-16(4-3-10(12)15-18)11(17)9-5-13-14-6-9/h5-6,8,18H,3-4,7H2,1-2H3,(H2,12,15)(H,13,14). The van der Waals surface area contributed by atoms with Gasteiger partial charge in [-0.2, -0.15) is 5.10 Å². The molecule has 0 unspecified atom stereocenters. The van der Waals surface area contributed by atoms with Gasteiger partial charge in [-0.25, -0.2) is 0 Å². The lowest BCUT2D eigenvalue weighted by Gasteiger charge is -2.23. The molecule has 0 saturated carbocycles. The molecule has 1 aromatic heterocycles. The summed E-state index contributed by atoms with van der Waals surface area (Å²) in [6.45, 7) is 5.08. The van der Waals surface area contributed by atoms with Gasteiger partial charge in [0.25, 0.3) is 5.91 Å². The minimum Gasteiger partial charge on any atom is -0.409 e. The number of oxime groups is 1. The van der Waals surface area contributed by atoms with Crippen molar-refractivity contribution in [2.75, 3.05) is 13.1 Å². The van der Waals surface area contributed by atoms with Crippen LogP contribution in [-0.4, -0.2) is 45.1 Å². The van der Waals surface area contributed by atoms with Crippen LogP contribution in [0.3, 0.4) is 0 Å². The van der Waals surface area contributed by atoms with Crippen LogP contribution in [0.15, 0.2) is 17.5 Å². The minimum atomic E-state index is -0.108. The van der Waals surface area contributed by atoms with Gasteiger partial charge in [0, 0.05) is 25.7 Å². The van der Waals surface area contributed by atoms with Crippen LogP contribution in [0.5, 0.6) is 0 Å². The second kappa shape index (κ2) is 6.63. The number of nitrogens with two attached hydrogens (primary N) is 1. The second-order valence-electron chi connectivity index (χ2n) is 4.47. The Balaban J connectivity index is 2.69. The number of carbonyl (C=O) groups excluding carboxylic acids is 1. The van der Waals surface area contributed by atoms with Gasteiger partial charge in [-0.3, -0.25) is 9.89 Å². The molecule has 7 heteroatoms. The zero-order valence-corrected chi connectivity index (χ0v) is 10.6. The quantitative estimate of drug-likeness (QED) is 0.299. The molecule has 0 fully saturated rings. The lowest BCUT2D eigenvalue weighted by Crippen LogP contribution is -2.36. The number of nitrogens with one attached hydrogen (secondary N) is 1. The average Bonchev–Trinajstić information content (AvgIpc) is 2.86. The maximum atomic E-state index is 12.2. The van der Waals surface area contributed by atoms with Crippen LogP contribution in [0.1, 0.15) is 30.6 Å². The number of amides is 1. The third-order valence-electron chi connectivity index (χ3n) is 2.38. The molecular formula is C11H19N5O2. The Hall–Kier alpha value is -2.05. The van der Waals surface area contributed by atoms with Gasteiger partial charge >= 0.3 is 0 Å². The number of H-pyrrole nitrogens is 1. The van der Waals surface area contributed by atoms with Gasteiger partial charge in [-0.1, -0.05) is 19.0 Å². The maximum Gasteiger partial charge on any atom is 0.257 e. The first-order chi connectivity index (χ1) is 8.54. The number of nitrogens with zero attached hydrogens (tertiary/aromatic N) is 3. The summed E-state index contributed by atoms with van der Waals surface area (Å²) in [5, 5.41) is 17.8. The van der Waals surface area contributed by atoms with Crippen molar-refractivity contribution >= 4 is 11.7 Å². The Kier molecular flexibility index (Phi) is 5.16. The molecule has 0 aliphatic heterocycles. The van der Waals surface area contributed by atoms with Crippen LogP contribution >= 0.6 is 0 Å². The van der Waals surface area contributed by atoms with E-state index in [2.05, 4.69) is 15.4 Å². The van der Waals surface area contributed by atoms with Crippen molar-refractivity contribution < 1.29 is 10.0 Å². The van der Waals surface area contributed by atoms with E-state index in [-0.39, 0.29) is 11.7 Å². The fourth-order valence-corrected chi connectivity index (χ4v) is 1.57. The second-order valence-corrected chi connectivity index (χ2v) is 4.47. The molecule has 0 spiro atoms. The molecule has 0 bridgehead atoms. The minimum absolute atomic E-state index is 0.108. The van der Waals surface area contributed by atoms with E-state index in [0.29, 0.717) is 31.0 Å². The third kappa shape index (κ3) is 4.08. The van der Waals surface area contributed by atoms with Crippen LogP contribution < -0.4 is 5.73 Å². The van der Waals surface area contributed by atoms with E-state index >= 15 is 0 Å². The van der Waals surface area contributed by atoms with Gasteiger partial charge in [0.05, 0.1) is 11.8 Å². The summed E-state index contributed by atoms with van der Waals surface area (Å²) in [5.74, 6) is 0.347. The van der Waals surface area contributed by atoms with Gasteiger partial charge in [0.2, 0.25) is 0 Å². The molecule has 4 N–H and O–H groups in total. The van der Waals surface area contributed by atoms with Crippen LogP contribution in [0.25, 0.3) is 0 Å². The summed E-state index contributed by atoms with van der Waals surface area (Å²) in [6.07, 6.45) is 3.38. The Labute approximate surface area is 106 Å². The highest BCUT2D eigenvalue weighted by atomic mass is 16.4. The molecule has 18 heavy (non-hydrogen) atoms. The van der Waals surface area contributed by atoms with Crippen molar-refractivity contribution in [2.24, 2.45) is 16.8 Å². The first-order valence-corrected chi connectivity index (χ1v) is 5.79. The number of aromatic nitrogens is 2. The van der Waals surface area contributed by atoms with E-state index < -0.39 is 0 Å². The molecule has 1 rings (SSSR count). The first-order valence-electron chi connectivity index (χ1n) is 5.79. The number of amidine groups is 1. The molecule has 0 atom stereocenters. The first kappa shape index (κ1) is 14.0. The molecule has 1 heterocycles. The molecule has 7 nitrogen and oxygen atoms in total. The lowest BCUT2D eigenvalue weighted by atomic mass is 10.2. The normalized spacial score (nSPS) is 11.8. The van der Waals surface area contributed by atoms with E-state index in [1.807, 2.05) is 13.8 Å². The molecule has 0 aliphatic carbocycles. The summed E-state index contributed by atoms with van der Waals surface area (Å²) in [6, 6.07) is 0. The molecule has 0 saturated heterocycles. The van der Waals surface area contributed by atoms with Crippen LogP contribution in [0.4, 0.5) is 0 Å². The number of carbonyl (C=O) groups is 1. The van der Waals surface area contributed by atoms with Crippen molar-refractivity contribution in [3.8, 4) is 0 Å². The summed E-state index contributed by atoms with van der Waals surface area (Å²) >= 11 is 0. The van der Waals surface area contributed by atoms with E-state index in [1.165, 1.54) is 6.20 Å². The fraction of sp³-hybridized carbons (Fsp3) is 0.545. The zero-order valence-electron chi connectivity index (χ0n) is 10.6. The number of hydrogen-bond acceptors (Lipinski definition) is 4. The highest BCUT2D eigenvalue weighted by molar-refractivity contribution is 5.94. The van der Waals surface area contributed by atoms with Gasteiger partial charge < -0.3 is 15.8 Å². The van der Waals surface area contributed by atoms with Crippen molar-refractivity contribution in [1.29, 1.82) is 0 Å².